The van der Waals surface area contributed by atoms with Gasteiger partial charge in [-0.05, 0) is 216 Å². The maximum atomic E-state index is 8.53. The van der Waals surface area contributed by atoms with Crippen LogP contribution < -0.4 is 14.9 Å². The molecule has 671 valence electrons. The lowest BCUT2D eigenvalue weighted by Gasteiger charge is -2.41. The first-order valence-corrected chi connectivity index (χ1v) is 48.1. The summed E-state index contributed by atoms with van der Waals surface area (Å²) in [5.41, 5.74) is 31.9. The lowest BCUT2D eigenvalue weighted by Crippen LogP contribution is -2.31. The zero-order chi connectivity index (χ0) is 95.0. The van der Waals surface area contributed by atoms with Crippen LogP contribution in [0, 0.1) is 3.70 Å². The standard InChI is InChI=1S/C61H42N6.C21H18N2.C20H13ClN2.C12H10BO2.C8H4ClIN2/c1-61(2)49-30-12-16-34-54(49)67(60-63-52-32-14-10-29-47(52)58(65-60)44-26-18-24-42(36-44)40-21-7-4-8-22-40)56-38-55-48(37-50(56)61)45-27-11-15-33-53(45)66(55)59-62-51-31-13-9-28-46(51)57(64-59)43-25-17-23-41(35-43)39-19-5-3-6-20-39;1-21(2)15-8-4-6-10-18(15)23-20-12-19-14(11-16(20)21)13-7-3-5-9-17(13)22-19;21-20-22-18-12-5-4-11-17(18)19(23-20)16-10-6-9-15(13-16)14-7-2-1-3-8-14;14-13-15-12-8-4-7-11(9-12)10-5-2-1-3-6-10;9-8-11-6-4-2-1-3-5(6)7(10)12-8/h3-38H,1-2H3;3-12,22-23H,1-2H3;1-13H;1-9,14H;1-4H. The molecular formula is C122H87BCl2IN12O2. The van der Waals surface area contributed by atoms with Crippen LogP contribution in [-0.2, 0) is 10.8 Å². The zero-order valence-electron chi connectivity index (χ0n) is 76.6. The average Bonchev–Trinajstić information content (AvgIpc) is 1.29. The third kappa shape index (κ3) is 17.4. The van der Waals surface area contributed by atoms with Crippen LogP contribution in [0.5, 0.6) is 5.75 Å². The van der Waals surface area contributed by atoms with Crippen molar-refractivity contribution >= 4 is 169 Å². The number of H-pyrrole nitrogens is 1. The number of hydrogen-bond acceptors (Lipinski definition) is 12. The second kappa shape index (κ2) is 38.3. The second-order valence-corrected chi connectivity index (χ2v) is 37.2. The Morgan fingerprint density at radius 1 is 0.286 bits per heavy atom. The maximum Gasteiger partial charge on any atom is 0.569 e. The number of nitrogens with zero attached hydrogens (tertiary/aromatic N) is 10. The number of aromatic nitrogens is 10. The Labute approximate surface area is 833 Å². The van der Waals surface area contributed by atoms with E-state index >= 15 is 0 Å². The highest BCUT2D eigenvalue weighted by molar-refractivity contribution is 14.1. The molecule has 0 aliphatic carbocycles. The number of rotatable bonds is 11. The van der Waals surface area contributed by atoms with Gasteiger partial charge in [-0.15, -0.1) is 0 Å². The Bertz CT molecular complexity index is 8830. The molecule has 140 heavy (non-hydrogen) atoms. The van der Waals surface area contributed by atoms with Crippen molar-refractivity contribution in [1.82, 2.24) is 49.4 Å². The summed E-state index contributed by atoms with van der Waals surface area (Å²) in [5.74, 6) is 1.83. The van der Waals surface area contributed by atoms with Crippen molar-refractivity contribution in [1.29, 1.82) is 0 Å². The van der Waals surface area contributed by atoms with Gasteiger partial charge in [-0.2, -0.15) is 0 Å². The Morgan fingerprint density at radius 2 is 0.693 bits per heavy atom. The van der Waals surface area contributed by atoms with Gasteiger partial charge >= 0.3 is 7.69 Å². The lowest BCUT2D eigenvalue weighted by atomic mass is 9.73. The molecule has 14 nitrogen and oxygen atoms in total. The molecule has 1 radical (unpaired) electrons. The van der Waals surface area contributed by atoms with Gasteiger partial charge in [0, 0.05) is 93.0 Å². The summed E-state index contributed by atoms with van der Waals surface area (Å²) >= 11 is 14.0. The molecule has 0 atom stereocenters. The van der Waals surface area contributed by atoms with Gasteiger partial charge in [-0.25, -0.2) is 39.9 Å². The van der Waals surface area contributed by atoms with Gasteiger partial charge in [-0.1, -0.05) is 361 Å². The first-order chi connectivity index (χ1) is 68.6. The van der Waals surface area contributed by atoms with Gasteiger partial charge in [0.2, 0.25) is 22.5 Å². The van der Waals surface area contributed by atoms with Crippen molar-refractivity contribution in [3.8, 4) is 90.0 Å². The maximum absolute atomic E-state index is 8.53. The van der Waals surface area contributed by atoms with Crippen molar-refractivity contribution < 1.29 is 9.68 Å². The Hall–Kier alpha value is -16.3. The molecule has 2 aliphatic heterocycles. The fraction of sp³-hybridized carbons (Fsp3) is 0.0492. The quantitative estimate of drug-likeness (QED) is 0.0486. The van der Waals surface area contributed by atoms with Crippen molar-refractivity contribution in [2.24, 2.45) is 0 Å². The van der Waals surface area contributed by atoms with Gasteiger partial charge < -0.3 is 20.0 Å². The molecule has 0 saturated carbocycles. The number of benzene rings is 18. The van der Waals surface area contributed by atoms with Crippen molar-refractivity contribution in [3.05, 3.63) is 473 Å². The first kappa shape index (κ1) is 88.9. The lowest BCUT2D eigenvalue weighted by molar-refractivity contribution is 0.454. The van der Waals surface area contributed by atoms with E-state index in [4.69, 9.17) is 52.8 Å². The van der Waals surface area contributed by atoms with E-state index in [1.165, 1.54) is 61.0 Å². The fourth-order valence-electron chi connectivity index (χ4n) is 19.5. The summed E-state index contributed by atoms with van der Waals surface area (Å²) in [6.45, 7) is 9.28. The van der Waals surface area contributed by atoms with Crippen LogP contribution in [0.3, 0.4) is 0 Å². The minimum Gasteiger partial charge on any atom is -0.537 e. The summed E-state index contributed by atoms with van der Waals surface area (Å²) in [5, 5.41) is 21.6. The van der Waals surface area contributed by atoms with Crippen molar-refractivity contribution in [3.63, 3.8) is 0 Å². The van der Waals surface area contributed by atoms with E-state index in [0.717, 1.165) is 153 Å². The van der Waals surface area contributed by atoms with Crippen LogP contribution in [0.4, 0.5) is 28.7 Å². The number of halogens is 3. The minimum absolute atomic E-state index is 0.0102. The molecule has 26 rings (SSSR count). The monoisotopic (exact) mass is 1960 g/mol. The molecular weight excluding hydrogens is 1870 g/mol. The largest absolute Gasteiger partial charge is 0.569 e. The predicted molar refractivity (Wildman–Crippen MR) is 586 cm³/mol. The summed E-state index contributed by atoms with van der Waals surface area (Å²) in [4.78, 5) is 44.6. The molecule has 0 unspecified atom stereocenters. The molecule has 0 fully saturated rings. The van der Waals surface area contributed by atoms with Crippen LogP contribution in [0.1, 0.15) is 49.9 Å². The van der Waals surface area contributed by atoms with E-state index in [-0.39, 0.29) is 16.1 Å². The number of fused-ring (bicyclic) bond motifs is 14. The second-order valence-electron chi connectivity index (χ2n) is 35.5. The van der Waals surface area contributed by atoms with E-state index in [9.17, 15) is 0 Å². The number of aromatic amines is 1. The SMILES string of the molecule is CC1(C)c2ccccc2N(c2nc(-c3cccc(-c4ccccc4)c3)c3ccccc3n2)c2cc3c(cc21)c1ccccc1n3-c1nc(-c2cccc(-c3ccccc3)c2)c2ccccc2n1.CC1(C)c2ccccc2Nc2cc3[nH]c4ccccc4c3cc21.Clc1nc(-c2cccc(-c3ccccc3)c2)c2ccccc2n1.Clc1nc(I)c2ccccc2n1.O[B]Oc1cccc(-c2ccccc2)c1. The highest BCUT2D eigenvalue weighted by atomic mass is 127. The third-order valence-electron chi connectivity index (χ3n) is 26.3. The summed E-state index contributed by atoms with van der Waals surface area (Å²) in [7, 11) is 0.685. The van der Waals surface area contributed by atoms with Crippen molar-refractivity contribution in [2.75, 3.05) is 10.2 Å². The van der Waals surface area contributed by atoms with Crippen LogP contribution in [-0.4, -0.2) is 62.1 Å². The van der Waals surface area contributed by atoms with Crippen LogP contribution in [0.2, 0.25) is 10.6 Å². The van der Waals surface area contributed by atoms with Gasteiger partial charge in [0.25, 0.3) is 0 Å². The van der Waals surface area contributed by atoms with Crippen LogP contribution in [0.15, 0.2) is 437 Å². The normalized spacial score (nSPS) is 12.4. The van der Waals surface area contributed by atoms with E-state index in [1.807, 2.05) is 121 Å². The molecule has 2 aliphatic rings. The Kier molecular flexibility index (Phi) is 24.3. The molecule has 0 bridgehead atoms. The molecule has 3 N–H and O–H groups in total. The van der Waals surface area contributed by atoms with Crippen LogP contribution >= 0.6 is 45.8 Å². The predicted octanol–water partition coefficient (Wildman–Crippen LogP) is 31.9. The summed E-state index contributed by atoms with van der Waals surface area (Å²) < 4.78 is 8.04. The summed E-state index contributed by atoms with van der Waals surface area (Å²) in [6, 6.07) is 151. The number of para-hydroxylation sites is 8. The van der Waals surface area contributed by atoms with E-state index in [0.29, 0.717) is 30.6 Å². The van der Waals surface area contributed by atoms with Gasteiger partial charge in [0.05, 0.1) is 61.6 Å². The molecule has 24 aromatic rings. The van der Waals surface area contributed by atoms with E-state index in [2.05, 4.69) is 399 Å². The van der Waals surface area contributed by atoms with Crippen LogP contribution in [0.25, 0.3) is 171 Å². The Balaban J connectivity index is 0.000000124. The van der Waals surface area contributed by atoms with Gasteiger partial charge in [0.15, 0.2) is 0 Å². The van der Waals surface area contributed by atoms with E-state index in [1.54, 1.807) is 6.07 Å². The minimum atomic E-state index is -0.361. The Morgan fingerprint density at radius 3 is 1.26 bits per heavy atom. The fourth-order valence-corrected chi connectivity index (χ4v) is 20.6. The number of hydrogen-bond donors (Lipinski definition) is 3. The number of nitrogens with one attached hydrogen (secondary N) is 2. The average molecular weight is 1960 g/mol. The number of anilines is 5. The van der Waals surface area contributed by atoms with Gasteiger partial charge in [0.1, 0.15) is 9.45 Å². The van der Waals surface area contributed by atoms with Gasteiger partial charge in [-0.3, -0.25) is 9.47 Å². The molecule has 0 amide bonds. The summed E-state index contributed by atoms with van der Waals surface area (Å²) in [6.07, 6.45) is 0. The molecule has 8 heterocycles. The molecule has 0 saturated heterocycles. The third-order valence-corrected chi connectivity index (χ3v) is 27.4. The molecule has 18 heteroatoms. The topological polar surface area (TPSA) is 169 Å². The highest BCUT2D eigenvalue weighted by Gasteiger charge is 2.40. The van der Waals surface area contributed by atoms with E-state index < -0.39 is 0 Å². The smallest absolute Gasteiger partial charge is 0.537 e. The zero-order valence-corrected chi connectivity index (χ0v) is 80.3. The molecule has 18 aromatic carbocycles. The first-order valence-electron chi connectivity index (χ1n) is 46.3. The van der Waals surface area contributed by atoms with Crippen molar-refractivity contribution in [2.45, 2.75) is 38.5 Å². The molecule has 6 aromatic heterocycles. The highest BCUT2D eigenvalue weighted by Crippen LogP contribution is 2.55. The molecule has 0 spiro atoms.